The molecule has 1 aromatic heterocycles. The zero-order valence-electron chi connectivity index (χ0n) is 17.4. The van der Waals surface area contributed by atoms with Gasteiger partial charge >= 0.3 is 0 Å². The maximum absolute atomic E-state index is 12.8. The Bertz CT molecular complexity index is 1190. The van der Waals surface area contributed by atoms with E-state index in [4.69, 9.17) is 11.6 Å². The number of hydrogen-bond donors (Lipinski definition) is 0. The third-order valence-electron chi connectivity index (χ3n) is 6.42. The Balaban J connectivity index is 1.39. The van der Waals surface area contributed by atoms with Crippen molar-refractivity contribution in [1.82, 2.24) is 9.47 Å². The van der Waals surface area contributed by atoms with Gasteiger partial charge in [-0.25, -0.2) is 0 Å². The molecule has 2 aromatic carbocycles. The lowest BCUT2D eigenvalue weighted by molar-refractivity contribution is -0.134. The molecule has 0 unspecified atom stereocenters. The van der Waals surface area contributed by atoms with Crippen LogP contribution in [0.2, 0.25) is 5.02 Å². The van der Waals surface area contributed by atoms with Crippen molar-refractivity contribution in [2.24, 2.45) is 5.92 Å². The Hall–Kier alpha value is -2.85. The van der Waals surface area contributed by atoms with Crippen LogP contribution < -0.4 is 0 Å². The lowest BCUT2D eigenvalue weighted by Crippen LogP contribution is -2.50. The minimum atomic E-state index is -0.0544. The molecule has 3 aromatic rings. The average Bonchev–Trinajstić information content (AvgIpc) is 3.53. The van der Waals surface area contributed by atoms with E-state index < -0.39 is 0 Å². The van der Waals surface area contributed by atoms with Gasteiger partial charge < -0.3 is 9.47 Å². The molecule has 5 rings (SSSR count). The van der Waals surface area contributed by atoms with Crippen LogP contribution >= 0.6 is 11.6 Å². The highest BCUT2D eigenvalue weighted by molar-refractivity contribution is 6.33. The van der Waals surface area contributed by atoms with Crippen molar-refractivity contribution in [1.29, 1.82) is 0 Å². The molecule has 0 bridgehead atoms. The Kier molecular flexibility index (Phi) is 5.19. The summed E-state index contributed by atoms with van der Waals surface area (Å²) in [6.07, 6.45) is 6.44. The molecule has 158 valence electrons. The molecule has 1 aliphatic carbocycles. The summed E-state index contributed by atoms with van der Waals surface area (Å²) in [5, 5.41) is 1.96. The van der Waals surface area contributed by atoms with Crippen molar-refractivity contribution < 1.29 is 9.59 Å². The first kappa shape index (κ1) is 20.1. The van der Waals surface area contributed by atoms with Gasteiger partial charge in [0.25, 0.3) is 0 Å². The van der Waals surface area contributed by atoms with Crippen LogP contribution in [0.3, 0.4) is 0 Å². The average molecular weight is 433 g/mol. The molecule has 1 aliphatic heterocycles. The first-order valence-corrected chi connectivity index (χ1v) is 11.2. The molecule has 5 heteroatoms. The summed E-state index contributed by atoms with van der Waals surface area (Å²) in [4.78, 5) is 26.2. The summed E-state index contributed by atoms with van der Waals surface area (Å²) < 4.78 is 2.11. The number of fused-ring (bicyclic) bond motifs is 1. The van der Waals surface area contributed by atoms with E-state index in [2.05, 4.69) is 35.5 Å². The van der Waals surface area contributed by atoms with Crippen LogP contribution in [0.25, 0.3) is 22.0 Å². The van der Waals surface area contributed by atoms with E-state index in [1.165, 1.54) is 29.9 Å². The van der Waals surface area contributed by atoms with Gasteiger partial charge in [0.1, 0.15) is 0 Å². The van der Waals surface area contributed by atoms with Crippen LogP contribution in [-0.4, -0.2) is 34.2 Å². The first-order valence-electron chi connectivity index (χ1n) is 10.8. The normalized spacial score (nSPS) is 16.4. The lowest BCUT2D eigenvalue weighted by Gasteiger charge is -2.38. The Labute approximate surface area is 187 Å². The predicted molar refractivity (Wildman–Crippen MR) is 124 cm³/mol. The summed E-state index contributed by atoms with van der Waals surface area (Å²) >= 11 is 6.43. The highest BCUT2D eigenvalue weighted by atomic mass is 35.5. The minimum Gasteiger partial charge on any atom is -0.340 e. The standard InChI is InChI=1S/C26H25ClN2O2/c1-2-26(31)29-13-17(14-29)11-20(30)15-28-16-23(18-7-8-18)22-10-9-19(12-25(22)28)21-5-3-4-6-24(21)27/h2-6,9-10,12,16-18H,1,7-8,11,13-15H2. The van der Waals surface area contributed by atoms with Gasteiger partial charge in [-0.05, 0) is 48.1 Å². The highest BCUT2D eigenvalue weighted by Crippen LogP contribution is 2.44. The quantitative estimate of drug-likeness (QED) is 0.466. The maximum atomic E-state index is 12.8. The van der Waals surface area contributed by atoms with Crippen molar-refractivity contribution >= 4 is 34.2 Å². The fraction of sp³-hybridized carbons (Fsp3) is 0.308. The number of hydrogen-bond acceptors (Lipinski definition) is 2. The fourth-order valence-electron chi connectivity index (χ4n) is 4.62. The highest BCUT2D eigenvalue weighted by Gasteiger charge is 2.31. The number of carbonyl (C=O) groups is 2. The van der Waals surface area contributed by atoms with E-state index in [0.29, 0.717) is 32.0 Å². The number of carbonyl (C=O) groups excluding carboxylic acids is 2. The lowest BCUT2D eigenvalue weighted by atomic mass is 9.94. The van der Waals surface area contributed by atoms with Crippen LogP contribution in [0.4, 0.5) is 0 Å². The van der Waals surface area contributed by atoms with Crippen molar-refractivity contribution in [3.63, 3.8) is 0 Å². The van der Waals surface area contributed by atoms with E-state index in [0.717, 1.165) is 21.7 Å². The molecule has 0 atom stereocenters. The van der Waals surface area contributed by atoms with Crippen LogP contribution in [0.1, 0.15) is 30.7 Å². The number of benzene rings is 2. The molecular weight excluding hydrogens is 408 g/mol. The Morgan fingerprint density at radius 1 is 1.13 bits per heavy atom. The number of ketones is 1. The van der Waals surface area contributed by atoms with Crippen molar-refractivity contribution in [3.05, 3.63) is 71.9 Å². The van der Waals surface area contributed by atoms with Gasteiger partial charge in [0.2, 0.25) is 5.91 Å². The summed E-state index contributed by atoms with van der Waals surface area (Å²) in [5.41, 5.74) is 4.49. The van der Waals surface area contributed by atoms with Crippen LogP contribution in [0.5, 0.6) is 0 Å². The Morgan fingerprint density at radius 2 is 1.90 bits per heavy atom. The predicted octanol–water partition coefficient (Wildman–Crippen LogP) is 5.44. The second-order valence-corrected chi connectivity index (χ2v) is 9.16. The van der Waals surface area contributed by atoms with Gasteiger partial charge in [-0.1, -0.05) is 48.5 Å². The molecule has 1 saturated heterocycles. The molecule has 2 fully saturated rings. The molecule has 0 N–H and O–H groups in total. The molecule has 0 radical (unpaired) electrons. The summed E-state index contributed by atoms with van der Waals surface area (Å²) in [7, 11) is 0. The Morgan fingerprint density at radius 3 is 2.61 bits per heavy atom. The van der Waals surface area contributed by atoms with E-state index in [1.54, 1.807) is 4.90 Å². The molecule has 2 aliphatic rings. The van der Waals surface area contributed by atoms with Crippen LogP contribution in [0.15, 0.2) is 61.3 Å². The van der Waals surface area contributed by atoms with Crippen molar-refractivity contribution in [2.75, 3.05) is 13.1 Å². The molecule has 0 spiro atoms. The molecule has 1 saturated carbocycles. The van der Waals surface area contributed by atoms with E-state index in [-0.39, 0.29) is 17.6 Å². The zero-order valence-corrected chi connectivity index (χ0v) is 18.1. The second-order valence-electron chi connectivity index (χ2n) is 8.75. The number of rotatable bonds is 7. The maximum Gasteiger partial charge on any atom is 0.245 e. The first-order chi connectivity index (χ1) is 15.0. The number of Topliss-reactive ketones (excluding diaryl/α,β-unsaturated/α-hetero) is 1. The number of nitrogens with zero attached hydrogens (tertiary/aromatic N) is 2. The monoisotopic (exact) mass is 432 g/mol. The number of likely N-dealkylation sites (tertiary alicyclic amines) is 1. The van der Waals surface area contributed by atoms with Crippen LogP contribution in [-0.2, 0) is 16.1 Å². The minimum absolute atomic E-state index is 0.0544. The third kappa shape index (κ3) is 3.92. The summed E-state index contributed by atoms with van der Waals surface area (Å²) in [6.45, 7) is 5.17. The molecule has 31 heavy (non-hydrogen) atoms. The second kappa shape index (κ2) is 8.01. The van der Waals surface area contributed by atoms with Gasteiger partial charge in [0.05, 0.1) is 6.54 Å². The fourth-order valence-corrected chi connectivity index (χ4v) is 4.86. The van der Waals surface area contributed by atoms with E-state index in [9.17, 15) is 9.59 Å². The smallest absolute Gasteiger partial charge is 0.245 e. The van der Waals surface area contributed by atoms with Gasteiger partial charge in [-0.3, -0.25) is 9.59 Å². The largest absolute Gasteiger partial charge is 0.340 e. The molecule has 2 heterocycles. The van der Waals surface area contributed by atoms with Gasteiger partial charge in [-0.2, -0.15) is 0 Å². The zero-order chi connectivity index (χ0) is 21.5. The van der Waals surface area contributed by atoms with Gasteiger partial charge in [0, 0.05) is 53.1 Å². The van der Waals surface area contributed by atoms with Gasteiger partial charge in [0.15, 0.2) is 5.78 Å². The van der Waals surface area contributed by atoms with Gasteiger partial charge in [-0.15, -0.1) is 0 Å². The topological polar surface area (TPSA) is 42.3 Å². The van der Waals surface area contributed by atoms with E-state index >= 15 is 0 Å². The van der Waals surface area contributed by atoms with E-state index in [1.807, 2.05) is 24.3 Å². The SMILES string of the molecule is C=CC(=O)N1CC(CC(=O)Cn2cc(C3CC3)c3ccc(-c4ccccc4Cl)cc32)C1. The van der Waals surface area contributed by atoms with Crippen molar-refractivity contribution in [3.8, 4) is 11.1 Å². The molecular formula is C26H25ClN2O2. The van der Waals surface area contributed by atoms with Crippen molar-refractivity contribution in [2.45, 2.75) is 31.7 Å². The van der Waals surface area contributed by atoms with Crippen LogP contribution in [0, 0.1) is 5.92 Å². The summed E-state index contributed by atoms with van der Waals surface area (Å²) in [6, 6.07) is 14.3. The number of aromatic nitrogens is 1. The number of halogens is 1. The summed E-state index contributed by atoms with van der Waals surface area (Å²) in [5.74, 6) is 1.01. The number of amides is 1. The third-order valence-corrected chi connectivity index (χ3v) is 6.75. The molecule has 1 amide bonds. The molecule has 4 nitrogen and oxygen atoms in total.